The van der Waals surface area contributed by atoms with Crippen LogP contribution in [0, 0.1) is 30.6 Å². The molecule has 0 spiro atoms. The summed E-state index contributed by atoms with van der Waals surface area (Å²) in [5, 5.41) is 16.8. The molecule has 13 nitrogen and oxygen atoms in total. The van der Waals surface area contributed by atoms with Crippen LogP contribution in [0.15, 0.2) is 24.3 Å². The van der Waals surface area contributed by atoms with Crippen molar-refractivity contribution in [2.45, 2.75) is 123 Å². The molecule has 1 saturated heterocycles. The van der Waals surface area contributed by atoms with Gasteiger partial charge in [0.15, 0.2) is 0 Å². The Hall–Kier alpha value is -3.10. The molecular weight excluding hydrogens is 676 g/mol. The van der Waals surface area contributed by atoms with Crippen LogP contribution in [0.3, 0.4) is 0 Å². The van der Waals surface area contributed by atoms with Crippen molar-refractivity contribution in [3.63, 3.8) is 0 Å². The molecule has 1 aliphatic rings. The summed E-state index contributed by atoms with van der Waals surface area (Å²) in [4.78, 5) is 60.3. The van der Waals surface area contributed by atoms with Gasteiger partial charge in [0.05, 0.1) is 48.8 Å². The summed E-state index contributed by atoms with van der Waals surface area (Å²) >= 11 is 0. The first-order valence-electron chi connectivity index (χ1n) is 19.2. The quantitative estimate of drug-likeness (QED) is 0.157. The van der Waals surface area contributed by atoms with Crippen molar-refractivity contribution in [2.75, 3.05) is 48.5 Å². The summed E-state index contributed by atoms with van der Waals surface area (Å²) in [6, 6.07) is 5.18. The minimum absolute atomic E-state index is 0.0350. The van der Waals surface area contributed by atoms with E-state index in [4.69, 9.17) is 15.2 Å². The van der Waals surface area contributed by atoms with E-state index in [1.165, 1.54) is 14.2 Å². The maximum Gasteiger partial charge on any atom is 0.245 e. The van der Waals surface area contributed by atoms with E-state index in [0.717, 1.165) is 11.1 Å². The maximum atomic E-state index is 14.2. The van der Waals surface area contributed by atoms with Crippen LogP contribution < -0.4 is 16.4 Å². The maximum absolute atomic E-state index is 14.2. The highest BCUT2D eigenvalue weighted by Gasteiger charge is 2.45. The van der Waals surface area contributed by atoms with Gasteiger partial charge in [0.2, 0.25) is 23.6 Å². The fourth-order valence-corrected chi connectivity index (χ4v) is 7.71. The predicted molar refractivity (Wildman–Crippen MR) is 208 cm³/mol. The van der Waals surface area contributed by atoms with Gasteiger partial charge in [0.1, 0.15) is 6.04 Å². The normalized spacial score (nSPS) is 20.8. The Bertz CT molecular complexity index is 1320. The molecular formula is C40H70N6O7. The number of aryl methyl sites for hydroxylation is 1. The number of likely N-dealkylation sites (N-methyl/N-ethyl adjacent to an activating group) is 2. The Morgan fingerprint density at radius 3 is 2.06 bits per heavy atom. The summed E-state index contributed by atoms with van der Waals surface area (Å²) in [5.41, 5.74) is 8.38. The number of hydrogen-bond donors (Lipinski definition) is 4. The summed E-state index contributed by atoms with van der Waals surface area (Å²) in [5.74, 6) is -1.89. The van der Waals surface area contributed by atoms with Crippen molar-refractivity contribution in [3.8, 4) is 0 Å². The molecule has 1 fully saturated rings. The number of rotatable bonds is 20. The minimum Gasteiger partial charge on any atom is -0.391 e. The number of aliphatic hydroxyl groups is 1. The summed E-state index contributed by atoms with van der Waals surface area (Å²) in [7, 11) is 8.43. The van der Waals surface area contributed by atoms with E-state index < -0.39 is 54.4 Å². The molecule has 0 radical (unpaired) electrons. The Morgan fingerprint density at radius 2 is 1.57 bits per heavy atom. The van der Waals surface area contributed by atoms with Crippen molar-refractivity contribution in [2.24, 2.45) is 29.4 Å². The van der Waals surface area contributed by atoms with Crippen LogP contribution in [0.2, 0.25) is 0 Å². The average molecular weight is 747 g/mol. The highest BCUT2D eigenvalue weighted by atomic mass is 16.5. The minimum atomic E-state index is -0.797. The van der Waals surface area contributed by atoms with Gasteiger partial charge < -0.3 is 40.7 Å². The number of nitrogens with one attached hydrogen (secondary N) is 2. The molecule has 2 rings (SSSR count). The van der Waals surface area contributed by atoms with E-state index in [1.807, 2.05) is 91.7 Å². The van der Waals surface area contributed by atoms with Crippen molar-refractivity contribution < 1.29 is 33.8 Å². The van der Waals surface area contributed by atoms with Gasteiger partial charge in [-0.3, -0.25) is 24.1 Å². The first kappa shape index (κ1) is 46.1. The van der Waals surface area contributed by atoms with E-state index >= 15 is 0 Å². The van der Waals surface area contributed by atoms with Gasteiger partial charge in [-0.1, -0.05) is 84.7 Å². The Morgan fingerprint density at radius 1 is 0.962 bits per heavy atom. The largest absolute Gasteiger partial charge is 0.391 e. The molecule has 10 atom stereocenters. The molecule has 5 N–H and O–H groups in total. The van der Waals surface area contributed by atoms with Crippen LogP contribution >= 0.6 is 0 Å². The van der Waals surface area contributed by atoms with Crippen molar-refractivity contribution >= 4 is 23.6 Å². The van der Waals surface area contributed by atoms with Crippen LogP contribution in [-0.4, -0.2) is 134 Å². The number of hydrogen-bond acceptors (Lipinski definition) is 9. The first-order valence-corrected chi connectivity index (χ1v) is 19.2. The predicted octanol–water partition coefficient (Wildman–Crippen LogP) is 2.73. The smallest absolute Gasteiger partial charge is 0.245 e. The Balaban J connectivity index is 2.27. The van der Waals surface area contributed by atoms with Gasteiger partial charge in [0, 0.05) is 40.4 Å². The topological polar surface area (TPSA) is 167 Å². The molecule has 1 heterocycles. The van der Waals surface area contributed by atoms with E-state index in [0.29, 0.717) is 6.42 Å². The zero-order valence-electron chi connectivity index (χ0n) is 34.6. The number of amides is 4. The molecule has 4 amide bonds. The number of likely N-dealkylation sites (tertiary alicyclic amines) is 1. The number of nitrogens with zero attached hydrogens (tertiary/aromatic N) is 3. The number of methoxy groups -OCH3 is 2. The molecule has 53 heavy (non-hydrogen) atoms. The number of β-amino-alcohol motifs (C(OH)–C–C–N with tert-alkyl or cyclic N) is 1. The van der Waals surface area contributed by atoms with Crippen LogP contribution in [0.1, 0.15) is 84.9 Å². The monoisotopic (exact) mass is 747 g/mol. The van der Waals surface area contributed by atoms with Crippen LogP contribution in [0.25, 0.3) is 0 Å². The third-order valence-electron chi connectivity index (χ3n) is 11.0. The van der Waals surface area contributed by atoms with E-state index in [-0.39, 0.29) is 67.3 Å². The van der Waals surface area contributed by atoms with Crippen molar-refractivity contribution in [1.82, 2.24) is 25.3 Å². The lowest BCUT2D eigenvalue weighted by atomic mass is 9.89. The lowest BCUT2D eigenvalue weighted by Crippen LogP contribution is -2.59. The van der Waals surface area contributed by atoms with Gasteiger partial charge in [-0.2, -0.15) is 0 Å². The summed E-state index contributed by atoms with van der Waals surface area (Å²) < 4.78 is 11.8. The summed E-state index contributed by atoms with van der Waals surface area (Å²) in [6.45, 7) is 15.8. The second-order valence-electron chi connectivity index (χ2n) is 15.9. The second-order valence-corrected chi connectivity index (χ2v) is 15.9. The third-order valence-corrected chi connectivity index (χ3v) is 11.0. The fourth-order valence-electron chi connectivity index (χ4n) is 7.71. The highest BCUT2D eigenvalue weighted by Crippen LogP contribution is 2.30. The number of carbonyl (C=O) groups is 4. The van der Waals surface area contributed by atoms with Gasteiger partial charge in [0.25, 0.3) is 0 Å². The van der Waals surface area contributed by atoms with Gasteiger partial charge in [-0.15, -0.1) is 0 Å². The molecule has 0 bridgehead atoms. The fraction of sp³-hybridized carbons (Fsp3) is 0.750. The third kappa shape index (κ3) is 12.2. The summed E-state index contributed by atoms with van der Waals surface area (Å²) in [6.07, 6.45) is -1.30. The van der Waals surface area contributed by atoms with E-state index in [9.17, 15) is 24.3 Å². The van der Waals surface area contributed by atoms with E-state index in [1.54, 1.807) is 23.8 Å². The zero-order chi connectivity index (χ0) is 40.3. The number of aliphatic hydroxyl groups excluding tert-OH is 1. The molecule has 1 aromatic carbocycles. The molecule has 13 heteroatoms. The second kappa shape index (κ2) is 21.1. The van der Waals surface area contributed by atoms with Gasteiger partial charge in [-0.05, 0) is 50.8 Å². The van der Waals surface area contributed by atoms with Gasteiger partial charge >= 0.3 is 0 Å². The van der Waals surface area contributed by atoms with Crippen LogP contribution in [0.5, 0.6) is 0 Å². The lowest BCUT2D eigenvalue weighted by molar-refractivity contribution is -0.148. The Labute approximate surface area is 318 Å². The van der Waals surface area contributed by atoms with Crippen molar-refractivity contribution in [3.05, 3.63) is 35.4 Å². The molecule has 0 aromatic heterocycles. The molecule has 0 aliphatic carbocycles. The number of benzene rings is 1. The molecule has 0 saturated carbocycles. The lowest BCUT2D eigenvalue weighted by Gasteiger charge is -2.41. The SMILES string of the molecule is CCC(C)[C@@H]([C@@H](CC(=O)N1C[C@@H](O)C[C@H]1[C@H](OC)[C@@H](C)C(=O)NCC(N)c1ccc(C)cc1)OC)N(C)C(=O)[C@@H](NC(=O)[C@H](C(C)C)N(C)C)C(C)C. The van der Waals surface area contributed by atoms with Gasteiger partial charge in [-0.25, -0.2) is 0 Å². The molecule has 302 valence electrons. The number of ether oxygens (including phenoxy) is 2. The number of nitrogens with two attached hydrogens (primary N) is 1. The first-order chi connectivity index (χ1) is 24.8. The number of carbonyl (C=O) groups excluding carboxylic acids is 4. The molecule has 1 aliphatic heterocycles. The molecule has 2 unspecified atom stereocenters. The average Bonchev–Trinajstić information content (AvgIpc) is 3.49. The zero-order valence-corrected chi connectivity index (χ0v) is 34.6. The standard InChI is InChI=1S/C40H70N6O7/c1-14-26(7)36(45(11)40(51)34(23(2)3)43-39(50)35(24(4)5)44(9)10)32(52-12)20-33(48)46-22-29(47)19-31(46)37(53-13)27(8)38(49)42-21-30(41)28-17-15-25(6)16-18-28/h15-18,23-24,26-27,29-32,34-37,47H,14,19-22,41H2,1-13H3,(H,42,49)(H,43,50)/t26?,27-,29+,30?,31+,32-,34+,35+,36+,37-/m1/s1. The molecule has 1 aromatic rings. The highest BCUT2D eigenvalue weighted by molar-refractivity contribution is 5.90. The van der Waals surface area contributed by atoms with Crippen molar-refractivity contribution in [1.29, 1.82) is 0 Å². The van der Waals surface area contributed by atoms with Crippen LogP contribution in [-0.2, 0) is 28.7 Å². The Kier molecular flexibility index (Phi) is 18.3. The van der Waals surface area contributed by atoms with E-state index in [2.05, 4.69) is 10.6 Å². The van der Waals surface area contributed by atoms with Crippen LogP contribution in [0.4, 0.5) is 0 Å².